The number of hydrogen-bond acceptors (Lipinski definition) is 2. The second-order valence-electron chi connectivity index (χ2n) is 6.24. The summed E-state index contributed by atoms with van der Waals surface area (Å²) >= 11 is 0. The van der Waals surface area contributed by atoms with E-state index in [2.05, 4.69) is 10.3 Å². The Morgan fingerprint density at radius 2 is 1.96 bits per heavy atom. The first-order valence-corrected chi connectivity index (χ1v) is 8.20. The lowest BCUT2D eigenvalue weighted by atomic mass is 9.97. The van der Waals surface area contributed by atoms with E-state index in [4.69, 9.17) is 0 Å². The van der Waals surface area contributed by atoms with E-state index in [1.54, 1.807) is 6.07 Å². The summed E-state index contributed by atoms with van der Waals surface area (Å²) in [5.74, 6) is -1.36. The van der Waals surface area contributed by atoms with Crippen molar-refractivity contribution in [3.05, 3.63) is 69.5 Å². The van der Waals surface area contributed by atoms with Gasteiger partial charge in [0.25, 0.3) is 11.8 Å². The number of nitrogens with zero attached hydrogens (tertiary/aromatic N) is 1. The van der Waals surface area contributed by atoms with Crippen LogP contribution in [0.25, 0.3) is 6.08 Å². The van der Waals surface area contributed by atoms with Gasteiger partial charge in [0.1, 0.15) is 5.82 Å². The molecule has 2 aromatic carbocycles. The molecule has 25 heavy (non-hydrogen) atoms. The van der Waals surface area contributed by atoms with Crippen LogP contribution in [0.15, 0.2) is 41.4 Å². The van der Waals surface area contributed by atoms with Gasteiger partial charge in [0, 0.05) is 17.3 Å². The molecule has 1 atom stereocenters. The number of hydrogen-bond donors (Lipinski definition) is 1. The Labute approximate surface area is 145 Å². The molecule has 0 aromatic heterocycles. The lowest BCUT2D eigenvalue weighted by molar-refractivity contribution is -0.120. The molecule has 2 amide bonds. The largest absolute Gasteiger partial charge is 0.352 e. The first kappa shape index (κ1) is 17.0. The third kappa shape index (κ3) is 3.65. The zero-order valence-corrected chi connectivity index (χ0v) is 14.2. The minimum atomic E-state index is -0.454. The van der Waals surface area contributed by atoms with E-state index in [1.165, 1.54) is 18.2 Å². The molecule has 0 saturated carbocycles. The van der Waals surface area contributed by atoms with Gasteiger partial charge in [0.15, 0.2) is 0 Å². The Morgan fingerprint density at radius 3 is 2.72 bits per heavy atom. The van der Waals surface area contributed by atoms with E-state index in [0.717, 1.165) is 21.7 Å². The number of carbonyl (C=O) groups is 2. The smallest absolute Gasteiger partial charge is 0.253 e. The Hall–Kier alpha value is -2.82. The van der Waals surface area contributed by atoms with Crippen molar-refractivity contribution in [2.75, 3.05) is 6.54 Å². The molecule has 5 heteroatoms. The van der Waals surface area contributed by atoms with E-state index in [0.29, 0.717) is 13.0 Å². The van der Waals surface area contributed by atoms with E-state index in [9.17, 15) is 14.0 Å². The molecule has 0 aliphatic carbocycles. The molecule has 0 radical (unpaired) electrons. The number of benzene rings is 2. The summed E-state index contributed by atoms with van der Waals surface area (Å²) in [6.45, 7) is 4.24. The zero-order chi connectivity index (χ0) is 18.0. The van der Waals surface area contributed by atoms with Crippen molar-refractivity contribution in [3.8, 4) is 0 Å². The van der Waals surface area contributed by atoms with Gasteiger partial charge in [-0.3, -0.25) is 9.59 Å². The predicted molar refractivity (Wildman–Crippen MR) is 93.0 cm³/mol. The van der Waals surface area contributed by atoms with Crippen molar-refractivity contribution in [1.29, 1.82) is 0 Å². The molecule has 1 aliphatic rings. The van der Waals surface area contributed by atoms with Crippen LogP contribution in [-0.4, -0.2) is 18.4 Å². The number of aryl methyl sites for hydroxylation is 2. The highest BCUT2D eigenvalue weighted by Gasteiger charge is 2.19. The fraction of sp³-hybridized carbons (Fsp3) is 0.250. The zero-order valence-electron chi connectivity index (χ0n) is 14.2. The molecule has 128 valence electrons. The number of amides is 2. The van der Waals surface area contributed by atoms with E-state index in [1.807, 2.05) is 32.1 Å². The maximum Gasteiger partial charge on any atom is 0.253 e. The van der Waals surface area contributed by atoms with Gasteiger partial charge in [-0.15, -0.1) is 0 Å². The van der Waals surface area contributed by atoms with Gasteiger partial charge in [0.2, 0.25) is 0 Å². The maximum absolute atomic E-state index is 13.2. The first-order valence-electron chi connectivity index (χ1n) is 8.20. The average Bonchev–Trinajstić information content (AvgIpc) is 2.59. The highest BCUT2D eigenvalue weighted by molar-refractivity contribution is 5.94. The minimum absolute atomic E-state index is 0.193. The lowest BCUT2D eigenvalue weighted by Gasteiger charge is -2.14. The molecular weight excluding hydrogens is 319 g/mol. The van der Waals surface area contributed by atoms with Crippen molar-refractivity contribution in [2.24, 2.45) is 10.9 Å². The third-order valence-corrected chi connectivity index (χ3v) is 4.37. The Morgan fingerprint density at radius 1 is 1.20 bits per heavy atom. The van der Waals surface area contributed by atoms with Crippen LogP contribution in [0, 0.1) is 25.6 Å². The van der Waals surface area contributed by atoms with Gasteiger partial charge < -0.3 is 5.32 Å². The molecule has 2 aromatic rings. The molecule has 0 fully saturated rings. The van der Waals surface area contributed by atoms with Gasteiger partial charge in [-0.25, -0.2) is 9.38 Å². The molecule has 4 nitrogen and oxygen atoms in total. The van der Waals surface area contributed by atoms with Crippen molar-refractivity contribution in [3.63, 3.8) is 0 Å². The van der Waals surface area contributed by atoms with Gasteiger partial charge >= 0.3 is 0 Å². The van der Waals surface area contributed by atoms with Gasteiger partial charge in [-0.05, 0) is 49.6 Å². The second-order valence-corrected chi connectivity index (χ2v) is 6.24. The summed E-state index contributed by atoms with van der Waals surface area (Å²) in [4.78, 5) is 28.5. The normalized spacial score (nSPS) is 15.8. The number of carbonyl (C=O) groups excluding carboxylic acids is 2. The topological polar surface area (TPSA) is 58.5 Å². The van der Waals surface area contributed by atoms with Crippen LogP contribution in [0.5, 0.6) is 0 Å². The molecular formula is C20H19FN2O2. The summed E-state index contributed by atoms with van der Waals surface area (Å²) in [6.07, 6.45) is 2.39. The third-order valence-electron chi connectivity index (χ3n) is 4.37. The summed E-state index contributed by atoms with van der Waals surface area (Å²) in [5.41, 5.74) is 2.31. The molecule has 3 rings (SSSR count). The second kappa shape index (κ2) is 6.97. The average molecular weight is 338 g/mol. The Bertz CT molecular complexity index is 966. The quantitative estimate of drug-likeness (QED) is 0.924. The van der Waals surface area contributed by atoms with Crippen LogP contribution in [0.1, 0.15) is 27.9 Å². The SMILES string of the molecule is Cc1ccc(C)c2c1=CC(CCNC(=O)c1cccc(F)c1)C(=O)N=2. The summed E-state index contributed by atoms with van der Waals surface area (Å²) in [6, 6.07) is 9.48. The van der Waals surface area contributed by atoms with Gasteiger partial charge in [0.05, 0.1) is 11.3 Å². The predicted octanol–water partition coefficient (Wildman–Crippen LogP) is 1.82. The highest BCUT2D eigenvalue weighted by atomic mass is 19.1. The maximum atomic E-state index is 13.2. The van der Waals surface area contributed by atoms with Crippen LogP contribution >= 0.6 is 0 Å². The molecule has 0 bridgehead atoms. The molecule has 1 heterocycles. The summed E-state index contributed by atoms with van der Waals surface area (Å²) < 4.78 is 13.2. The molecule has 1 unspecified atom stereocenters. The lowest BCUT2D eigenvalue weighted by Crippen LogP contribution is -2.38. The molecule has 0 spiro atoms. The van der Waals surface area contributed by atoms with Crippen LogP contribution in [0.3, 0.4) is 0 Å². The van der Waals surface area contributed by atoms with E-state index in [-0.39, 0.29) is 23.3 Å². The monoisotopic (exact) mass is 338 g/mol. The number of rotatable bonds is 4. The van der Waals surface area contributed by atoms with Gasteiger partial charge in [-0.2, -0.15) is 0 Å². The highest BCUT2D eigenvalue weighted by Crippen LogP contribution is 2.10. The first-order chi connectivity index (χ1) is 12.0. The van der Waals surface area contributed by atoms with Crippen LogP contribution < -0.4 is 15.9 Å². The van der Waals surface area contributed by atoms with Crippen LogP contribution in [0.2, 0.25) is 0 Å². The van der Waals surface area contributed by atoms with Crippen LogP contribution in [-0.2, 0) is 4.79 Å². The molecule has 1 N–H and O–H groups in total. The Kier molecular flexibility index (Phi) is 4.74. The van der Waals surface area contributed by atoms with Gasteiger partial charge in [-0.1, -0.05) is 24.3 Å². The van der Waals surface area contributed by atoms with Crippen molar-refractivity contribution in [2.45, 2.75) is 20.3 Å². The standard InChI is InChI=1S/C20H19FN2O2/c1-12-6-7-13(2)18-17(12)11-15(20(25)23-18)8-9-22-19(24)14-4-3-5-16(21)10-14/h3-7,10-11,15H,8-9H2,1-2H3,(H,22,24). The fourth-order valence-electron chi connectivity index (χ4n) is 2.92. The summed E-state index contributed by atoms with van der Waals surface area (Å²) in [5, 5.41) is 4.45. The molecule has 1 aliphatic heterocycles. The number of nitrogens with one attached hydrogen (secondary N) is 1. The van der Waals surface area contributed by atoms with Crippen molar-refractivity contribution in [1.82, 2.24) is 5.32 Å². The van der Waals surface area contributed by atoms with Crippen molar-refractivity contribution >= 4 is 17.9 Å². The van der Waals surface area contributed by atoms with Crippen LogP contribution in [0.4, 0.5) is 4.39 Å². The number of halogens is 1. The number of fused-ring (bicyclic) bond motifs is 1. The van der Waals surface area contributed by atoms with E-state index >= 15 is 0 Å². The Balaban J connectivity index is 1.70. The van der Waals surface area contributed by atoms with Crippen molar-refractivity contribution < 1.29 is 14.0 Å². The fourth-order valence-corrected chi connectivity index (χ4v) is 2.92. The van der Waals surface area contributed by atoms with E-state index < -0.39 is 5.82 Å². The summed E-state index contributed by atoms with van der Waals surface area (Å²) in [7, 11) is 0. The molecule has 0 saturated heterocycles. The minimum Gasteiger partial charge on any atom is -0.352 e.